The van der Waals surface area contributed by atoms with E-state index in [1.165, 1.54) is 37.1 Å². The molecule has 0 aromatic heterocycles. The lowest BCUT2D eigenvalue weighted by molar-refractivity contribution is 0.0254. The molecule has 0 unspecified atom stereocenters. The van der Waals surface area contributed by atoms with Crippen LogP contribution in [0.3, 0.4) is 0 Å². The van der Waals surface area contributed by atoms with Gasteiger partial charge in [0.1, 0.15) is 0 Å². The molecule has 3 heteroatoms. The SMILES string of the molecule is Cc1c(N)cccc1N1CCC2(CCOCC2)C1. The molecule has 0 aliphatic carbocycles. The molecule has 2 aliphatic heterocycles. The van der Waals surface area contributed by atoms with Gasteiger partial charge in [-0.25, -0.2) is 0 Å². The van der Waals surface area contributed by atoms with E-state index in [4.69, 9.17) is 10.5 Å². The van der Waals surface area contributed by atoms with E-state index in [1.54, 1.807) is 0 Å². The zero-order valence-corrected chi connectivity index (χ0v) is 11.1. The van der Waals surface area contributed by atoms with Crippen LogP contribution in [0.1, 0.15) is 24.8 Å². The summed E-state index contributed by atoms with van der Waals surface area (Å²) in [6, 6.07) is 6.25. The minimum atomic E-state index is 0.495. The van der Waals surface area contributed by atoms with Crippen LogP contribution in [0.2, 0.25) is 0 Å². The number of ether oxygens (including phenoxy) is 1. The maximum absolute atomic E-state index is 6.01. The number of hydrogen-bond acceptors (Lipinski definition) is 3. The van der Waals surface area contributed by atoms with E-state index in [1.807, 2.05) is 6.07 Å². The standard InChI is InChI=1S/C15H22N2O/c1-12-13(16)3-2-4-14(12)17-8-5-15(11-17)6-9-18-10-7-15/h2-4H,5-11,16H2,1H3. The minimum absolute atomic E-state index is 0.495. The Kier molecular flexibility index (Phi) is 2.94. The molecule has 0 bridgehead atoms. The van der Waals surface area contributed by atoms with Crippen molar-refractivity contribution in [1.29, 1.82) is 0 Å². The zero-order chi connectivity index (χ0) is 12.6. The lowest BCUT2D eigenvalue weighted by Crippen LogP contribution is -2.33. The van der Waals surface area contributed by atoms with Crippen molar-refractivity contribution >= 4 is 11.4 Å². The average Bonchev–Trinajstić information content (AvgIpc) is 2.77. The van der Waals surface area contributed by atoms with E-state index in [2.05, 4.69) is 24.0 Å². The van der Waals surface area contributed by atoms with Gasteiger partial charge in [0.15, 0.2) is 0 Å². The van der Waals surface area contributed by atoms with Crippen molar-refractivity contribution in [2.45, 2.75) is 26.2 Å². The van der Waals surface area contributed by atoms with Crippen LogP contribution in [0, 0.1) is 12.3 Å². The smallest absolute Gasteiger partial charge is 0.0472 e. The number of hydrogen-bond donors (Lipinski definition) is 1. The summed E-state index contributed by atoms with van der Waals surface area (Å²) in [5.74, 6) is 0. The van der Waals surface area contributed by atoms with Crippen LogP contribution in [0.5, 0.6) is 0 Å². The van der Waals surface area contributed by atoms with E-state index in [-0.39, 0.29) is 0 Å². The van der Waals surface area contributed by atoms with Crippen molar-refractivity contribution in [2.24, 2.45) is 5.41 Å². The molecule has 0 amide bonds. The number of nitrogens with two attached hydrogens (primary N) is 1. The van der Waals surface area contributed by atoms with E-state index in [9.17, 15) is 0 Å². The van der Waals surface area contributed by atoms with Crippen molar-refractivity contribution in [3.8, 4) is 0 Å². The fraction of sp³-hybridized carbons (Fsp3) is 0.600. The fourth-order valence-corrected chi connectivity index (χ4v) is 3.34. The summed E-state index contributed by atoms with van der Waals surface area (Å²) in [4.78, 5) is 2.51. The van der Waals surface area contributed by atoms with Crippen LogP contribution in [0.15, 0.2) is 18.2 Å². The lowest BCUT2D eigenvalue weighted by atomic mass is 9.80. The predicted molar refractivity (Wildman–Crippen MR) is 74.9 cm³/mol. The summed E-state index contributed by atoms with van der Waals surface area (Å²) >= 11 is 0. The Balaban J connectivity index is 1.81. The van der Waals surface area contributed by atoms with Crippen LogP contribution >= 0.6 is 0 Å². The second-order valence-corrected chi connectivity index (χ2v) is 5.78. The number of benzene rings is 1. The molecule has 98 valence electrons. The summed E-state index contributed by atoms with van der Waals surface area (Å²) in [6.45, 7) is 6.32. The average molecular weight is 246 g/mol. The van der Waals surface area contributed by atoms with Crippen LogP contribution in [0.4, 0.5) is 11.4 Å². The second-order valence-electron chi connectivity index (χ2n) is 5.78. The van der Waals surface area contributed by atoms with Crippen molar-refractivity contribution in [2.75, 3.05) is 36.9 Å². The zero-order valence-electron chi connectivity index (χ0n) is 11.1. The molecule has 0 saturated carbocycles. The molecule has 1 spiro atoms. The van der Waals surface area contributed by atoms with Crippen molar-refractivity contribution < 1.29 is 4.74 Å². The molecule has 2 heterocycles. The first-order valence-corrected chi connectivity index (χ1v) is 6.88. The molecule has 18 heavy (non-hydrogen) atoms. The highest BCUT2D eigenvalue weighted by atomic mass is 16.5. The van der Waals surface area contributed by atoms with Crippen molar-refractivity contribution in [3.05, 3.63) is 23.8 Å². The van der Waals surface area contributed by atoms with Gasteiger partial charge in [0.05, 0.1) is 0 Å². The van der Waals surface area contributed by atoms with E-state index >= 15 is 0 Å². The maximum atomic E-state index is 6.01. The Bertz CT molecular complexity index is 438. The molecule has 0 radical (unpaired) electrons. The molecule has 3 rings (SSSR count). The van der Waals surface area contributed by atoms with E-state index in [0.717, 1.165) is 25.4 Å². The van der Waals surface area contributed by atoms with Gasteiger partial charge in [0.2, 0.25) is 0 Å². The third-order valence-corrected chi connectivity index (χ3v) is 4.68. The maximum Gasteiger partial charge on any atom is 0.0472 e. The van der Waals surface area contributed by atoms with Crippen molar-refractivity contribution in [1.82, 2.24) is 0 Å². The summed E-state index contributed by atoms with van der Waals surface area (Å²) in [5, 5.41) is 0. The van der Waals surface area contributed by atoms with Gasteiger partial charge in [-0.05, 0) is 49.3 Å². The van der Waals surface area contributed by atoms with Crippen LogP contribution in [-0.4, -0.2) is 26.3 Å². The highest BCUT2D eigenvalue weighted by molar-refractivity contribution is 5.64. The third kappa shape index (κ3) is 1.97. The minimum Gasteiger partial charge on any atom is -0.398 e. The lowest BCUT2D eigenvalue weighted by Gasteiger charge is -2.33. The summed E-state index contributed by atoms with van der Waals surface area (Å²) in [5.41, 5.74) is 9.95. The molecular formula is C15H22N2O. The van der Waals surface area contributed by atoms with Gasteiger partial charge in [-0.1, -0.05) is 6.07 Å². The second kappa shape index (κ2) is 4.47. The molecule has 2 N–H and O–H groups in total. The highest BCUT2D eigenvalue weighted by Crippen LogP contribution is 2.42. The van der Waals surface area contributed by atoms with Gasteiger partial charge in [0, 0.05) is 37.7 Å². The number of anilines is 2. The Morgan fingerprint density at radius 3 is 2.78 bits per heavy atom. The Hall–Kier alpha value is -1.22. The topological polar surface area (TPSA) is 38.5 Å². The molecule has 1 aromatic carbocycles. The normalized spacial score (nSPS) is 22.6. The predicted octanol–water partition coefficient (Wildman–Crippen LogP) is 2.58. The Morgan fingerprint density at radius 1 is 1.22 bits per heavy atom. The number of nitrogens with zero attached hydrogens (tertiary/aromatic N) is 1. The quantitative estimate of drug-likeness (QED) is 0.774. The molecular weight excluding hydrogens is 224 g/mol. The molecule has 3 nitrogen and oxygen atoms in total. The largest absolute Gasteiger partial charge is 0.398 e. The molecule has 2 aliphatic rings. The Morgan fingerprint density at radius 2 is 2.00 bits per heavy atom. The van der Waals surface area contributed by atoms with Gasteiger partial charge in [-0.15, -0.1) is 0 Å². The number of rotatable bonds is 1. The van der Waals surface area contributed by atoms with E-state index in [0.29, 0.717) is 5.41 Å². The number of nitrogen functional groups attached to an aromatic ring is 1. The third-order valence-electron chi connectivity index (χ3n) is 4.68. The summed E-state index contributed by atoms with van der Waals surface area (Å²) < 4.78 is 5.50. The monoisotopic (exact) mass is 246 g/mol. The van der Waals surface area contributed by atoms with Gasteiger partial charge in [-0.2, -0.15) is 0 Å². The first-order chi connectivity index (χ1) is 8.70. The van der Waals surface area contributed by atoms with Crippen LogP contribution < -0.4 is 10.6 Å². The van der Waals surface area contributed by atoms with E-state index < -0.39 is 0 Å². The molecule has 2 saturated heterocycles. The molecule has 2 fully saturated rings. The fourth-order valence-electron chi connectivity index (χ4n) is 3.34. The van der Waals surface area contributed by atoms with Gasteiger partial charge < -0.3 is 15.4 Å². The summed E-state index contributed by atoms with van der Waals surface area (Å²) in [6.07, 6.45) is 3.72. The molecule has 0 atom stereocenters. The summed E-state index contributed by atoms with van der Waals surface area (Å²) in [7, 11) is 0. The first kappa shape index (κ1) is 11.8. The van der Waals surface area contributed by atoms with Crippen molar-refractivity contribution in [3.63, 3.8) is 0 Å². The van der Waals surface area contributed by atoms with Crippen LogP contribution in [-0.2, 0) is 4.74 Å². The Labute approximate surface area is 109 Å². The highest BCUT2D eigenvalue weighted by Gasteiger charge is 2.39. The first-order valence-electron chi connectivity index (χ1n) is 6.88. The van der Waals surface area contributed by atoms with Gasteiger partial charge >= 0.3 is 0 Å². The van der Waals surface area contributed by atoms with Gasteiger partial charge in [0.25, 0.3) is 0 Å². The molecule has 1 aromatic rings. The van der Waals surface area contributed by atoms with Crippen LogP contribution in [0.25, 0.3) is 0 Å². The van der Waals surface area contributed by atoms with Gasteiger partial charge in [-0.3, -0.25) is 0 Å².